The summed E-state index contributed by atoms with van der Waals surface area (Å²) in [6.45, 7) is 18.5. The van der Waals surface area contributed by atoms with Gasteiger partial charge in [-0.1, -0.05) is 120 Å². The molecule has 0 saturated carbocycles. The zero-order valence-corrected chi connectivity index (χ0v) is 23.7. The minimum Gasteiger partial charge on any atom is -1.00 e. The van der Waals surface area contributed by atoms with Gasteiger partial charge >= 0.3 is 0 Å². The van der Waals surface area contributed by atoms with Crippen LogP contribution in [0.25, 0.3) is 0 Å². The van der Waals surface area contributed by atoms with E-state index >= 15 is 0 Å². The summed E-state index contributed by atoms with van der Waals surface area (Å²) in [5, 5.41) is 2.84. The van der Waals surface area contributed by atoms with Crippen LogP contribution in [0.15, 0.2) is 48.5 Å². The van der Waals surface area contributed by atoms with Gasteiger partial charge in [-0.25, -0.2) is 0 Å². The van der Waals surface area contributed by atoms with Crippen molar-refractivity contribution in [3.8, 4) is 0 Å². The second kappa shape index (κ2) is 16.1. The summed E-state index contributed by atoms with van der Waals surface area (Å²) in [6.07, 6.45) is 0. The summed E-state index contributed by atoms with van der Waals surface area (Å²) in [6, 6.07) is 23.5. The Balaban J connectivity index is 0. The predicted molar refractivity (Wildman–Crippen MR) is 130 cm³/mol. The van der Waals surface area contributed by atoms with Crippen LogP contribution >= 0.6 is 15.8 Å². The largest absolute Gasteiger partial charge is 1.00 e. The van der Waals surface area contributed by atoms with Crippen LogP contribution in [-0.2, 0) is 0 Å². The van der Waals surface area contributed by atoms with Crippen molar-refractivity contribution in [3.05, 3.63) is 60.7 Å². The molecule has 0 spiro atoms. The van der Waals surface area contributed by atoms with Crippen LogP contribution in [0.4, 0.5) is 0 Å². The normalized spacial score (nSPS) is 10.8. The van der Waals surface area contributed by atoms with E-state index in [1.165, 1.54) is 10.6 Å². The van der Waals surface area contributed by atoms with Crippen LogP contribution in [0.2, 0.25) is 0 Å². The van der Waals surface area contributed by atoms with Gasteiger partial charge < -0.3 is 12.4 Å². The van der Waals surface area contributed by atoms with E-state index in [0.717, 1.165) is 22.6 Å². The molecule has 0 heterocycles. The van der Waals surface area contributed by atoms with Gasteiger partial charge in [0, 0.05) is 24.4 Å². The third-order valence-electron chi connectivity index (χ3n) is 4.17. The van der Waals surface area contributed by atoms with E-state index in [1.54, 1.807) is 0 Å². The number of rotatable bonds is 6. The Morgan fingerprint density at radius 1 is 0.571 bits per heavy atom. The average molecular weight is 544 g/mol. The second-order valence-corrected chi connectivity index (χ2v) is 14.4. The van der Waals surface area contributed by atoms with Gasteiger partial charge in [-0.15, -0.1) is 0 Å². The van der Waals surface area contributed by atoms with Crippen molar-refractivity contribution >= 4 is 50.9 Å². The topological polar surface area (TPSA) is 0 Å². The van der Waals surface area contributed by atoms with Crippen molar-refractivity contribution < 1.29 is 12.4 Å². The van der Waals surface area contributed by atoms with Gasteiger partial charge in [0.25, 0.3) is 0 Å². The third-order valence-corrected chi connectivity index (χ3v) is 10.3. The molecule has 2 aromatic rings. The second-order valence-electron chi connectivity index (χ2n) is 7.69. The summed E-state index contributed by atoms with van der Waals surface area (Å²) in [7, 11) is -0.0586. The molecule has 0 N–H and O–H groups in total. The van der Waals surface area contributed by atoms with E-state index in [9.17, 15) is 0 Å². The maximum absolute atomic E-state index is 3.36. The Labute approximate surface area is 201 Å². The minimum absolute atomic E-state index is 0. The number of hydrogen-bond acceptors (Lipinski definition) is 0. The maximum atomic E-state index is 3.36. The third kappa shape index (κ3) is 10.4. The molecule has 0 aliphatic heterocycles. The summed E-state index contributed by atoms with van der Waals surface area (Å²) in [4.78, 5) is 0. The van der Waals surface area contributed by atoms with Crippen LogP contribution in [0.1, 0.15) is 55.4 Å². The molecular weight excluding hydrogens is 507 g/mol. The SMILES string of the molecule is CC(C)P(c1[c]cccc1)C(C)C.CC(C)P(c1[c]cccc1)C(C)C.[Cl-].[Sb]. The number of hydrogen-bond donors (Lipinski definition) is 0. The Morgan fingerprint density at radius 3 is 1.04 bits per heavy atom. The molecule has 2 rings (SSSR count). The zero-order chi connectivity index (χ0) is 19.7. The Bertz CT molecular complexity index is 529. The number of halogens is 1. The van der Waals surface area contributed by atoms with Gasteiger partial charge in [0.1, 0.15) is 0 Å². The van der Waals surface area contributed by atoms with Crippen molar-refractivity contribution in [3.63, 3.8) is 0 Å². The van der Waals surface area contributed by atoms with E-state index in [-0.39, 0.29) is 52.7 Å². The van der Waals surface area contributed by atoms with Gasteiger partial charge in [0.05, 0.1) is 0 Å². The van der Waals surface area contributed by atoms with Crippen molar-refractivity contribution in [2.45, 2.75) is 78.0 Å². The van der Waals surface area contributed by atoms with Crippen molar-refractivity contribution in [2.75, 3.05) is 0 Å². The molecule has 0 nitrogen and oxygen atoms in total. The standard InChI is InChI=1S/2C12H18P.ClH.Sb/c2*1-10(2)13(11(3)4)12-8-6-5-7-9-12;;/h2*5-8,10-11H,1-4H3;1H;/p-1. The van der Waals surface area contributed by atoms with Crippen molar-refractivity contribution in [2.24, 2.45) is 0 Å². The van der Waals surface area contributed by atoms with Crippen molar-refractivity contribution in [1.82, 2.24) is 0 Å². The summed E-state index contributed by atoms with van der Waals surface area (Å²) >= 11 is 0. The maximum Gasteiger partial charge on any atom is 0 e. The molecule has 0 aromatic heterocycles. The number of benzene rings is 2. The fourth-order valence-corrected chi connectivity index (χ4v) is 8.97. The van der Waals surface area contributed by atoms with E-state index in [1.807, 2.05) is 24.3 Å². The van der Waals surface area contributed by atoms with Gasteiger partial charge in [-0.2, -0.15) is 0 Å². The van der Waals surface area contributed by atoms with Crippen LogP contribution in [0.3, 0.4) is 0 Å². The first-order valence-corrected chi connectivity index (χ1v) is 12.7. The monoisotopic (exact) mass is 542 g/mol. The summed E-state index contributed by atoms with van der Waals surface area (Å²) in [5.41, 5.74) is 3.03. The predicted octanol–water partition coefficient (Wildman–Crippen LogP) is 3.44. The minimum atomic E-state index is -0.0293. The molecule has 0 atom stereocenters. The van der Waals surface area contributed by atoms with Crippen LogP contribution in [-0.4, -0.2) is 47.1 Å². The first kappa shape index (κ1) is 30.6. The molecule has 155 valence electrons. The Morgan fingerprint density at radius 2 is 0.857 bits per heavy atom. The summed E-state index contributed by atoms with van der Waals surface area (Å²) in [5.74, 6) is 0. The fraction of sp³-hybridized carbons (Fsp3) is 0.500. The zero-order valence-electron chi connectivity index (χ0n) is 18.6. The molecule has 0 saturated heterocycles. The average Bonchev–Trinajstić information content (AvgIpc) is 2.56. The van der Waals surface area contributed by atoms with E-state index in [0.29, 0.717) is 0 Å². The van der Waals surface area contributed by atoms with Crippen molar-refractivity contribution in [1.29, 1.82) is 0 Å². The summed E-state index contributed by atoms with van der Waals surface area (Å²) < 4.78 is 0. The molecule has 2 aromatic carbocycles. The van der Waals surface area contributed by atoms with Crippen LogP contribution in [0, 0.1) is 12.1 Å². The first-order valence-electron chi connectivity index (χ1n) is 9.75. The van der Waals surface area contributed by atoms with E-state index < -0.39 is 0 Å². The smallest absolute Gasteiger partial charge is 0 e. The van der Waals surface area contributed by atoms with Gasteiger partial charge in [0.2, 0.25) is 0 Å². The Kier molecular flexibility index (Phi) is 17.6. The molecule has 0 fully saturated rings. The molecule has 0 unspecified atom stereocenters. The van der Waals surface area contributed by atoms with Gasteiger partial charge in [-0.3, -0.25) is 0 Å². The molecule has 0 aliphatic carbocycles. The van der Waals surface area contributed by atoms with Gasteiger partial charge in [-0.05, 0) is 45.4 Å². The molecular formula is C24H36ClP2Sb-. The van der Waals surface area contributed by atoms with Gasteiger partial charge in [0.15, 0.2) is 0 Å². The van der Waals surface area contributed by atoms with Crippen LogP contribution < -0.4 is 23.0 Å². The first-order chi connectivity index (χ1) is 12.3. The molecule has 0 aliphatic rings. The quantitative estimate of drug-likeness (QED) is 0.387. The molecule has 0 bridgehead atoms. The van der Waals surface area contributed by atoms with E-state index in [2.05, 4.69) is 91.8 Å². The fourth-order valence-electron chi connectivity index (χ4n) is 3.39. The molecule has 0 amide bonds. The molecule has 28 heavy (non-hydrogen) atoms. The van der Waals surface area contributed by atoms with Crippen LogP contribution in [0.5, 0.6) is 0 Å². The molecule has 5 radical (unpaired) electrons. The molecule has 4 heteroatoms. The van der Waals surface area contributed by atoms with E-state index in [4.69, 9.17) is 0 Å². The Hall–Kier alpha value is 0.408.